The normalized spacial score (nSPS) is 16.0. The van der Waals surface area contributed by atoms with Crippen LogP contribution >= 0.6 is 11.6 Å². The fraction of sp³-hybridized carbons (Fsp3) is 0.300. The summed E-state index contributed by atoms with van der Waals surface area (Å²) >= 11 is 6.14. The Kier molecular flexibility index (Phi) is 9.38. The predicted molar refractivity (Wildman–Crippen MR) is 147 cm³/mol. The molecule has 0 radical (unpaired) electrons. The average Bonchev–Trinajstić information content (AvgIpc) is 3.06. The van der Waals surface area contributed by atoms with Crippen molar-refractivity contribution in [2.24, 2.45) is 0 Å². The van der Waals surface area contributed by atoms with E-state index in [1.165, 1.54) is 4.90 Å². The number of hydrogen-bond donors (Lipinski definition) is 2. The fourth-order valence-electron chi connectivity index (χ4n) is 4.96. The van der Waals surface area contributed by atoms with Crippen molar-refractivity contribution in [2.45, 2.75) is 57.4 Å². The van der Waals surface area contributed by atoms with Crippen molar-refractivity contribution in [1.82, 2.24) is 10.6 Å². The highest BCUT2D eigenvalue weighted by Crippen LogP contribution is 2.33. The molecule has 0 saturated heterocycles. The van der Waals surface area contributed by atoms with Crippen LogP contribution < -0.4 is 15.5 Å². The summed E-state index contributed by atoms with van der Waals surface area (Å²) in [6.45, 7) is 3.52. The van der Waals surface area contributed by atoms with Crippen molar-refractivity contribution < 1.29 is 40.7 Å². The predicted octanol–water partition coefficient (Wildman–Crippen LogP) is 5.99. The summed E-state index contributed by atoms with van der Waals surface area (Å²) in [6, 6.07) is 6.24. The van der Waals surface area contributed by atoms with Gasteiger partial charge in [0.25, 0.3) is 5.91 Å². The number of aryl methyl sites for hydroxylation is 1. The van der Waals surface area contributed by atoms with Crippen LogP contribution in [0.4, 0.5) is 32.0 Å². The minimum Gasteiger partial charge on any atom is -0.342 e. The number of alkyl halides is 3. The minimum absolute atomic E-state index is 0.103. The van der Waals surface area contributed by atoms with E-state index in [1.54, 1.807) is 32.0 Å². The van der Waals surface area contributed by atoms with Crippen LogP contribution in [0.5, 0.6) is 0 Å². The first-order chi connectivity index (χ1) is 20.2. The van der Waals surface area contributed by atoms with Crippen LogP contribution in [0.3, 0.4) is 0 Å². The fourth-order valence-corrected chi connectivity index (χ4v) is 5.15. The molecule has 2 atom stereocenters. The van der Waals surface area contributed by atoms with Gasteiger partial charge in [-0.1, -0.05) is 23.7 Å². The summed E-state index contributed by atoms with van der Waals surface area (Å²) in [5.41, 5.74) is -1.61. The number of amides is 3. The molecule has 2 N–H and O–H groups in total. The first-order valence-electron chi connectivity index (χ1n) is 13.2. The van der Waals surface area contributed by atoms with Crippen LogP contribution in [0.1, 0.15) is 47.3 Å². The second-order valence-corrected chi connectivity index (χ2v) is 10.7. The number of nitrogens with zero attached hydrogens (tertiary/aromatic N) is 1. The lowest BCUT2D eigenvalue weighted by Crippen LogP contribution is -2.55. The molecule has 43 heavy (non-hydrogen) atoms. The highest BCUT2D eigenvalue weighted by molar-refractivity contribution is 6.30. The number of fused-ring (bicyclic) bond motifs is 1. The Labute approximate surface area is 248 Å². The molecule has 2 unspecified atom stereocenters. The number of nitrogens with one attached hydrogen (secondary N) is 2. The zero-order valence-electron chi connectivity index (χ0n) is 22.9. The number of hydrogen-bond acceptors (Lipinski definition) is 3. The van der Waals surface area contributed by atoms with E-state index in [-0.39, 0.29) is 24.1 Å². The third kappa shape index (κ3) is 7.12. The van der Waals surface area contributed by atoms with Crippen molar-refractivity contribution in [3.05, 3.63) is 99.3 Å². The molecule has 3 amide bonds. The quantitative estimate of drug-likeness (QED) is 0.317. The summed E-state index contributed by atoms with van der Waals surface area (Å²) in [5.74, 6) is -6.76. The van der Waals surface area contributed by atoms with Gasteiger partial charge in [0.05, 0.1) is 11.1 Å². The molecule has 1 aliphatic heterocycles. The summed E-state index contributed by atoms with van der Waals surface area (Å²) < 4.78 is 82.9. The number of halogens is 7. The molecule has 1 heterocycles. The van der Waals surface area contributed by atoms with Gasteiger partial charge < -0.3 is 15.5 Å². The molecule has 0 aliphatic carbocycles. The van der Waals surface area contributed by atoms with E-state index in [2.05, 4.69) is 10.6 Å². The second kappa shape index (κ2) is 12.7. The molecule has 1 aliphatic rings. The van der Waals surface area contributed by atoms with Gasteiger partial charge in [-0.15, -0.1) is 0 Å². The Morgan fingerprint density at radius 2 is 1.77 bits per heavy atom. The topological polar surface area (TPSA) is 78.5 Å². The van der Waals surface area contributed by atoms with E-state index < -0.39 is 71.0 Å². The zero-order valence-corrected chi connectivity index (χ0v) is 23.6. The van der Waals surface area contributed by atoms with E-state index in [9.17, 15) is 40.7 Å². The maximum atomic E-state index is 14.6. The maximum absolute atomic E-state index is 14.6. The van der Waals surface area contributed by atoms with Gasteiger partial charge in [-0.2, -0.15) is 13.2 Å². The van der Waals surface area contributed by atoms with E-state index in [1.807, 2.05) is 0 Å². The third-order valence-corrected chi connectivity index (χ3v) is 7.22. The molecule has 228 valence electrons. The third-order valence-electron chi connectivity index (χ3n) is 6.98. The number of carbonyl (C=O) groups excluding carboxylic acids is 3. The summed E-state index contributed by atoms with van der Waals surface area (Å²) in [5, 5.41) is 5.11. The highest BCUT2D eigenvalue weighted by Gasteiger charge is 2.38. The Balaban J connectivity index is 1.66. The lowest BCUT2D eigenvalue weighted by molar-refractivity contribution is -0.138. The monoisotopic (exact) mass is 625 g/mol. The maximum Gasteiger partial charge on any atom is 0.417 e. The van der Waals surface area contributed by atoms with Crippen molar-refractivity contribution in [1.29, 1.82) is 0 Å². The molecule has 0 fully saturated rings. The van der Waals surface area contributed by atoms with E-state index in [0.29, 0.717) is 29.3 Å². The molecule has 3 aromatic carbocycles. The molecule has 4 rings (SSSR count). The van der Waals surface area contributed by atoms with Gasteiger partial charge in [0.15, 0.2) is 11.6 Å². The molecular weight excluding hydrogens is 600 g/mol. The van der Waals surface area contributed by atoms with Gasteiger partial charge in [0.2, 0.25) is 11.8 Å². The molecule has 0 aromatic heterocycles. The minimum atomic E-state index is -5.12. The number of anilines is 1. The lowest BCUT2D eigenvalue weighted by atomic mass is 10.0. The summed E-state index contributed by atoms with van der Waals surface area (Å²) in [7, 11) is 0. The largest absolute Gasteiger partial charge is 0.417 e. The molecule has 0 spiro atoms. The number of carbonyl (C=O) groups is 3. The standard InChI is InChI=1S/C30H26ClF6N3O3/c1-15(2)40-25-11-7-18(31)12-16(25)6-10-23(29(40)43)38-28(42)24(13-17-4-3-5-22(33)26(17)34)39-27(41)20-9-8-19(32)14-21(20)30(35,36)37/h3-5,7-9,11-12,14-15,23-24H,6,10,13H2,1-2H3,(H,38,42)(H,39,41). The molecule has 6 nitrogen and oxygen atoms in total. The second-order valence-electron chi connectivity index (χ2n) is 10.3. The SMILES string of the molecule is CC(C)N1C(=O)C(NC(=O)C(Cc2cccc(F)c2F)NC(=O)c2ccc(F)cc2C(F)(F)F)CCc2cc(Cl)ccc21. The van der Waals surface area contributed by atoms with Crippen molar-refractivity contribution in [3.63, 3.8) is 0 Å². The van der Waals surface area contributed by atoms with Crippen molar-refractivity contribution in [3.8, 4) is 0 Å². The van der Waals surface area contributed by atoms with Gasteiger partial charge in [0, 0.05) is 23.2 Å². The lowest BCUT2D eigenvalue weighted by Gasteiger charge is -2.30. The summed E-state index contributed by atoms with van der Waals surface area (Å²) in [4.78, 5) is 41.7. The Morgan fingerprint density at radius 1 is 1.05 bits per heavy atom. The molecular formula is C30H26ClF6N3O3. The molecule has 3 aromatic rings. The van der Waals surface area contributed by atoms with Crippen LogP contribution in [-0.4, -0.2) is 35.8 Å². The molecule has 0 bridgehead atoms. The van der Waals surface area contributed by atoms with Gasteiger partial charge in [0.1, 0.15) is 17.9 Å². The first kappa shape index (κ1) is 31.9. The van der Waals surface area contributed by atoms with Crippen LogP contribution in [0.25, 0.3) is 0 Å². The Hall–Kier alpha value is -4.06. The first-order valence-corrected chi connectivity index (χ1v) is 13.6. The van der Waals surface area contributed by atoms with Gasteiger partial charge in [-0.05, 0) is 80.3 Å². The number of rotatable bonds is 7. The van der Waals surface area contributed by atoms with Gasteiger partial charge in [-0.3, -0.25) is 14.4 Å². The van der Waals surface area contributed by atoms with Crippen LogP contribution in [-0.2, 0) is 28.6 Å². The van der Waals surface area contributed by atoms with Gasteiger partial charge >= 0.3 is 6.18 Å². The smallest absolute Gasteiger partial charge is 0.342 e. The Morgan fingerprint density at radius 3 is 2.44 bits per heavy atom. The zero-order chi connectivity index (χ0) is 31.6. The average molecular weight is 626 g/mol. The van der Waals surface area contributed by atoms with Gasteiger partial charge in [-0.25, -0.2) is 13.2 Å². The van der Waals surface area contributed by atoms with Crippen LogP contribution in [0.2, 0.25) is 5.02 Å². The molecule has 13 heteroatoms. The van der Waals surface area contributed by atoms with Crippen LogP contribution in [0.15, 0.2) is 54.6 Å². The van der Waals surface area contributed by atoms with E-state index in [0.717, 1.165) is 23.8 Å². The van der Waals surface area contributed by atoms with Crippen LogP contribution in [0, 0.1) is 17.5 Å². The van der Waals surface area contributed by atoms with Crippen molar-refractivity contribution in [2.75, 3.05) is 4.90 Å². The summed E-state index contributed by atoms with van der Waals surface area (Å²) in [6.07, 6.45) is -5.37. The number of benzene rings is 3. The van der Waals surface area contributed by atoms with E-state index >= 15 is 0 Å². The highest BCUT2D eigenvalue weighted by atomic mass is 35.5. The van der Waals surface area contributed by atoms with E-state index in [4.69, 9.17) is 11.6 Å². The van der Waals surface area contributed by atoms with Crippen molar-refractivity contribution >= 4 is 35.0 Å². The Bertz CT molecular complexity index is 1560. The molecule has 0 saturated carbocycles.